The second-order valence-corrected chi connectivity index (χ2v) is 3.50. The SMILES string of the molecule is COCCN(CCC#N)C(=O)C1CC1. The minimum absolute atomic E-state index is 0.192. The molecule has 0 spiro atoms. The number of nitriles is 1. The van der Waals surface area contributed by atoms with Crippen LogP contribution in [0.3, 0.4) is 0 Å². The summed E-state index contributed by atoms with van der Waals surface area (Å²) in [6, 6.07) is 2.05. The Morgan fingerprint density at radius 3 is 2.79 bits per heavy atom. The lowest BCUT2D eigenvalue weighted by Gasteiger charge is -2.20. The first kappa shape index (κ1) is 11.0. The maximum absolute atomic E-state index is 11.7. The first-order valence-corrected chi connectivity index (χ1v) is 4.94. The van der Waals surface area contributed by atoms with Crippen LogP contribution in [0.25, 0.3) is 0 Å². The Balaban J connectivity index is 2.34. The average molecular weight is 196 g/mol. The summed E-state index contributed by atoms with van der Waals surface area (Å²) >= 11 is 0. The van der Waals surface area contributed by atoms with Gasteiger partial charge in [-0.25, -0.2) is 0 Å². The van der Waals surface area contributed by atoms with Gasteiger partial charge in [-0.3, -0.25) is 4.79 Å². The molecule has 0 bridgehead atoms. The number of carbonyl (C=O) groups is 1. The lowest BCUT2D eigenvalue weighted by atomic mass is 10.3. The average Bonchev–Trinajstić information content (AvgIpc) is 3.00. The molecule has 1 aliphatic rings. The molecular weight excluding hydrogens is 180 g/mol. The zero-order valence-electron chi connectivity index (χ0n) is 8.53. The van der Waals surface area contributed by atoms with Gasteiger partial charge >= 0.3 is 0 Å². The van der Waals surface area contributed by atoms with Crippen molar-refractivity contribution < 1.29 is 9.53 Å². The molecule has 1 fully saturated rings. The van der Waals surface area contributed by atoms with Crippen LogP contribution in [0.4, 0.5) is 0 Å². The number of ether oxygens (including phenoxy) is 1. The first-order valence-electron chi connectivity index (χ1n) is 4.94. The van der Waals surface area contributed by atoms with Gasteiger partial charge < -0.3 is 9.64 Å². The quantitative estimate of drug-likeness (QED) is 0.631. The molecule has 1 amide bonds. The van der Waals surface area contributed by atoms with Gasteiger partial charge in [0.1, 0.15) is 0 Å². The van der Waals surface area contributed by atoms with Gasteiger partial charge in [0.2, 0.25) is 5.91 Å². The van der Waals surface area contributed by atoms with Gasteiger partial charge in [0.25, 0.3) is 0 Å². The first-order chi connectivity index (χ1) is 6.79. The highest BCUT2D eigenvalue weighted by atomic mass is 16.5. The molecule has 14 heavy (non-hydrogen) atoms. The summed E-state index contributed by atoms with van der Waals surface area (Å²) in [4.78, 5) is 13.4. The van der Waals surface area contributed by atoms with Crippen molar-refractivity contribution in [2.75, 3.05) is 26.8 Å². The molecule has 0 saturated heterocycles. The molecule has 0 heterocycles. The molecule has 0 radical (unpaired) electrons. The number of hydrogen-bond donors (Lipinski definition) is 0. The number of carbonyl (C=O) groups excluding carboxylic acids is 1. The minimum atomic E-state index is 0.192. The Hall–Kier alpha value is -1.08. The molecule has 4 nitrogen and oxygen atoms in total. The monoisotopic (exact) mass is 196 g/mol. The van der Waals surface area contributed by atoms with Crippen molar-refractivity contribution in [3.63, 3.8) is 0 Å². The van der Waals surface area contributed by atoms with Gasteiger partial charge in [-0.1, -0.05) is 0 Å². The van der Waals surface area contributed by atoms with Crippen LogP contribution in [0.15, 0.2) is 0 Å². The summed E-state index contributed by atoms with van der Waals surface area (Å²) < 4.78 is 4.93. The van der Waals surface area contributed by atoms with Crippen LogP contribution in [-0.2, 0) is 9.53 Å². The lowest BCUT2D eigenvalue weighted by molar-refractivity contribution is -0.133. The molecule has 0 N–H and O–H groups in total. The molecule has 0 aliphatic heterocycles. The van der Waals surface area contributed by atoms with Crippen LogP contribution >= 0.6 is 0 Å². The number of nitrogens with zero attached hydrogens (tertiary/aromatic N) is 2. The highest BCUT2D eigenvalue weighted by molar-refractivity contribution is 5.81. The van der Waals surface area contributed by atoms with Crippen LogP contribution < -0.4 is 0 Å². The summed E-state index contributed by atoms with van der Waals surface area (Å²) in [7, 11) is 1.62. The number of amides is 1. The fraction of sp³-hybridized carbons (Fsp3) is 0.800. The Morgan fingerprint density at radius 1 is 1.57 bits per heavy atom. The topological polar surface area (TPSA) is 53.3 Å². The van der Waals surface area contributed by atoms with Crippen LogP contribution in [0.2, 0.25) is 0 Å². The number of hydrogen-bond acceptors (Lipinski definition) is 3. The largest absolute Gasteiger partial charge is 0.383 e. The third-order valence-corrected chi connectivity index (χ3v) is 2.30. The van der Waals surface area contributed by atoms with E-state index >= 15 is 0 Å². The highest BCUT2D eigenvalue weighted by Gasteiger charge is 2.32. The maximum atomic E-state index is 11.7. The Bertz CT molecular complexity index is 231. The second kappa shape index (κ2) is 5.61. The van der Waals surface area contributed by atoms with E-state index in [2.05, 4.69) is 6.07 Å². The van der Waals surface area contributed by atoms with Gasteiger partial charge in [0.05, 0.1) is 19.1 Å². The molecule has 0 unspecified atom stereocenters. The smallest absolute Gasteiger partial charge is 0.225 e. The molecule has 1 aliphatic carbocycles. The fourth-order valence-corrected chi connectivity index (χ4v) is 1.31. The van der Waals surface area contributed by atoms with Crippen molar-refractivity contribution in [2.24, 2.45) is 5.92 Å². The zero-order chi connectivity index (χ0) is 10.4. The van der Waals surface area contributed by atoms with E-state index in [9.17, 15) is 4.79 Å². The molecular formula is C10H16N2O2. The molecule has 0 atom stereocenters. The van der Waals surface area contributed by atoms with E-state index in [1.54, 1.807) is 12.0 Å². The lowest BCUT2D eigenvalue weighted by Crippen LogP contribution is -2.35. The van der Waals surface area contributed by atoms with Crippen LogP contribution in [0.1, 0.15) is 19.3 Å². The summed E-state index contributed by atoms with van der Waals surface area (Å²) in [5, 5.41) is 8.46. The molecule has 0 aromatic heterocycles. The van der Waals surface area contributed by atoms with Crippen molar-refractivity contribution >= 4 is 5.91 Å². The predicted octanol–water partition coefficient (Wildman–Crippen LogP) is 0.785. The standard InChI is InChI=1S/C10H16N2O2/c1-14-8-7-12(6-2-5-11)10(13)9-3-4-9/h9H,2-4,6-8H2,1H3. The normalized spacial score (nSPS) is 14.9. The third-order valence-electron chi connectivity index (χ3n) is 2.30. The van der Waals surface area contributed by atoms with Gasteiger partial charge in [0, 0.05) is 26.1 Å². The van der Waals surface area contributed by atoms with Crippen LogP contribution in [0.5, 0.6) is 0 Å². The summed E-state index contributed by atoms with van der Waals surface area (Å²) in [5.41, 5.74) is 0. The van der Waals surface area contributed by atoms with Gasteiger partial charge in [0.15, 0.2) is 0 Å². The van der Waals surface area contributed by atoms with Gasteiger partial charge in [-0.15, -0.1) is 0 Å². The van der Waals surface area contributed by atoms with E-state index in [1.165, 1.54) is 0 Å². The second-order valence-electron chi connectivity index (χ2n) is 3.50. The summed E-state index contributed by atoms with van der Waals surface area (Å²) in [6.07, 6.45) is 2.42. The van der Waals surface area contributed by atoms with Crippen molar-refractivity contribution in [2.45, 2.75) is 19.3 Å². The van der Waals surface area contributed by atoms with E-state index in [0.29, 0.717) is 26.1 Å². The molecule has 0 aromatic carbocycles. The van der Waals surface area contributed by atoms with E-state index in [4.69, 9.17) is 10.00 Å². The molecule has 1 saturated carbocycles. The van der Waals surface area contributed by atoms with Crippen LogP contribution in [-0.4, -0.2) is 37.6 Å². The maximum Gasteiger partial charge on any atom is 0.225 e. The molecule has 0 aromatic rings. The minimum Gasteiger partial charge on any atom is -0.383 e. The van der Waals surface area contributed by atoms with E-state index in [0.717, 1.165) is 12.8 Å². The van der Waals surface area contributed by atoms with Crippen LogP contribution in [0, 0.1) is 17.2 Å². The Morgan fingerprint density at radius 2 is 2.29 bits per heavy atom. The summed E-state index contributed by atoms with van der Waals surface area (Å²) in [6.45, 7) is 1.69. The number of rotatable bonds is 6. The predicted molar refractivity (Wildman–Crippen MR) is 51.4 cm³/mol. The molecule has 4 heteroatoms. The molecule has 1 rings (SSSR count). The summed E-state index contributed by atoms with van der Waals surface area (Å²) in [5.74, 6) is 0.419. The fourth-order valence-electron chi connectivity index (χ4n) is 1.31. The van der Waals surface area contributed by atoms with E-state index < -0.39 is 0 Å². The van der Waals surface area contributed by atoms with Crippen molar-refractivity contribution in [1.29, 1.82) is 5.26 Å². The third kappa shape index (κ3) is 3.35. The van der Waals surface area contributed by atoms with Crippen molar-refractivity contribution in [3.05, 3.63) is 0 Å². The Kier molecular flexibility index (Phi) is 4.41. The van der Waals surface area contributed by atoms with E-state index in [-0.39, 0.29) is 11.8 Å². The van der Waals surface area contributed by atoms with Gasteiger partial charge in [-0.05, 0) is 12.8 Å². The number of methoxy groups -OCH3 is 1. The van der Waals surface area contributed by atoms with Gasteiger partial charge in [-0.2, -0.15) is 5.26 Å². The molecule has 78 valence electrons. The highest BCUT2D eigenvalue weighted by Crippen LogP contribution is 2.30. The Labute approximate surface area is 84.4 Å². The van der Waals surface area contributed by atoms with E-state index in [1.807, 2.05) is 0 Å². The van der Waals surface area contributed by atoms with Crippen molar-refractivity contribution in [1.82, 2.24) is 4.90 Å². The zero-order valence-corrected chi connectivity index (χ0v) is 8.53. The van der Waals surface area contributed by atoms with Crippen molar-refractivity contribution in [3.8, 4) is 6.07 Å².